The molecule has 10 heteroatoms. The summed E-state index contributed by atoms with van der Waals surface area (Å²) in [4.78, 5) is 25.5. The number of likely N-dealkylation sites (N-methyl/N-ethyl adjacent to an activating group) is 1. The van der Waals surface area contributed by atoms with Crippen LogP contribution in [0.5, 0.6) is 0 Å². The number of carbonyl (C=O) groups excluding carboxylic acids is 1. The van der Waals surface area contributed by atoms with Gasteiger partial charge in [-0.05, 0) is 58.1 Å². The highest BCUT2D eigenvalue weighted by atomic mass is 32.1. The van der Waals surface area contributed by atoms with Gasteiger partial charge in [0.2, 0.25) is 5.90 Å². The van der Waals surface area contributed by atoms with Gasteiger partial charge in [0.05, 0.1) is 20.8 Å². The third-order valence-corrected chi connectivity index (χ3v) is 8.14. The molecule has 0 bridgehead atoms. The number of thiophene rings is 1. The number of ether oxygens (including phenoxy) is 2. The first kappa shape index (κ1) is 28.6. The van der Waals surface area contributed by atoms with Crippen molar-refractivity contribution < 1.29 is 14.3 Å². The van der Waals surface area contributed by atoms with Gasteiger partial charge in [-0.1, -0.05) is 25.5 Å². The normalized spacial score (nSPS) is 17.9. The largest absolute Gasteiger partial charge is 0.474 e. The van der Waals surface area contributed by atoms with Crippen molar-refractivity contribution in [1.29, 1.82) is 5.26 Å². The third-order valence-electron chi connectivity index (χ3n) is 6.98. The van der Waals surface area contributed by atoms with E-state index in [0.717, 1.165) is 40.1 Å². The van der Waals surface area contributed by atoms with E-state index in [2.05, 4.69) is 31.1 Å². The van der Waals surface area contributed by atoms with E-state index < -0.39 is 5.60 Å². The van der Waals surface area contributed by atoms with Gasteiger partial charge in [0.1, 0.15) is 17.7 Å². The van der Waals surface area contributed by atoms with Crippen molar-refractivity contribution >= 4 is 39.1 Å². The first-order chi connectivity index (χ1) is 18.3. The zero-order valence-corrected chi connectivity index (χ0v) is 24.9. The number of hydrogen-bond donors (Lipinski definition) is 2. The second-order valence-corrected chi connectivity index (χ2v) is 12.9. The molecule has 39 heavy (non-hydrogen) atoms. The summed E-state index contributed by atoms with van der Waals surface area (Å²) in [5.41, 5.74) is 10.4. The summed E-state index contributed by atoms with van der Waals surface area (Å²) < 4.78 is 12.9. The number of amides is 1. The Morgan fingerprint density at radius 3 is 2.69 bits per heavy atom. The van der Waals surface area contributed by atoms with E-state index in [1.54, 1.807) is 34.4 Å². The van der Waals surface area contributed by atoms with E-state index in [0.29, 0.717) is 32.1 Å². The fourth-order valence-electron chi connectivity index (χ4n) is 5.10. The number of nitriles is 1. The van der Waals surface area contributed by atoms with Crippen LogP contribution < -0.4 is 5.73 Å². The average molecular weight is 553 g/mol. The minimum Gasteiger partial charge on any atom is -0.474 e. The molecule has 0 aromatic carbocycles. The van der Waals surface area contributed by atoms with Gasteiger partial charge in [0, 0.05) is 38.5 Å². The van der Waals surface area contributed by atoms with Crippen LogP contribution in [0.25, 0.3) is 15.8 Å². The molecule has 0 aliphatic carbocycles. The molecular weight excluding hydrogens is 512 g/mol. The van der Waals surface area contributed by atoms with Gasteiger partial charge in [-0.2, -0.15) is 5.26 Å². The molecule has 1 spiro atoms. The minimum absolute atomic E-state index is 0.264. The molecule has 3 N–H and O–H groups in total. The Labute approximate surface area is 235 Å². The zero-order chi connectivity index (χ0) is 28.5. The van der Waals surface area contributed by atoms with Crippen molar-refractivity contribution in [2.75, 3.05) is 33.3 Å². The number of aliphatic imine (C=N–C) groups is 1. The highest BCUT2D eigenvalue weighted by molar-refractivity contribution is 7.21. The molecule has 1 amide bonds. The predicted octanol–water partition coefficient (Wildman–Crippen LogP) is 5.56. The number of nitrogens with one attached hydrogen (secondary N) is 1. The van der Waals surface area contributed by atoms with Crippen molar-refractivity contribution in [3.8, 4) is 6.19 Å². The number of hydrogen-bond acceptors (Lipinski definition) is 8. The molecule has 1 fully saturated rings. The number of rotatable bonds is 6. The molecular formula is C29H40N6O3S. The minimum atomic E-state index is -0.505. The van der Waals surface area contributed by atoms with Crippen molar-refractivity contribution in [2.45, 2.75) is 71.4 Å². The SMILES string of the molecule is C/C(=C/C(=C\N)c1[nH]c2cc(C3=NC4(CCN(C(=O)OC(C)(C)C)CC4)CO3)sc2c1C(C)C)CN(C)C#N. The summed E-state index contributed by atoms with van der Waals surface area (Å²) in [5, 5.41) is 9.11. The lowest BCUT2D eigenvalue weighted by atomic mass is 9.89. The fraction of sp³-hybridized carbons (Fsp3) is 0.552. The second-order valence-electron chi connectivity index (χ2n) is 11.9. The topological polar surface area (TPSA) is 120 Å². The van der Waals surface area contributed by atoms with Crippen molar-refractivity contribution in [3.05, 3.63) is 40.0 Å². The lowest BCUT2D eigenvalue weighted by Gasteiger charge is -2.36. The van der Waals surface area contributed by atoms with Crippen LogP contribution in [0.1, 0.15) is 76.4 Å². The fourth-order valence-corrected chi connectivity index (χ4v) is 6.36. The summed E-state index contributed by atoms with van der Waals surface area (Å²) in [6, 6.07) is 2.11. The van der Waals surface area contributed by atoms with E-state index in [4.69, 9.17) is 25.5 Å². The summed E-state index contributed by atoms with van der Waals surface area (Å²) in [5.74, 6) is 0.942. The van der Waals surface area contributed by atoms with E-state index in [1.165, 1.54) is 10.3 Å². The first-order valence-electron chi connectivity index (χ1n) is 13.4. The molecule has 210 valence electrons. The average Bonchev–Trinajstić information content (AvgIpc) is 3.54. The molecule has 9 nitrogen and oxygen atoms in total. The first-order valence-corrected chi connectivity index (χ1v) is 14.2. The number of aromatic nitrogens is 1. The maximum Gasteiger partial charge on any atom is 0.410 e. The van der Waals surface area contributed by atoms with Crippen molar-refractivity contribution in [1.82, 2.24) is 14.8 Å². The number of carbonyl (C=O) groups is 1. The summed E-state index contributed by atoms with van der Waals surface area (Å²) in [7, 11) is 1.76. The number of nitrogens with zero attached hydrogens (tertiary/aromatic N) is 4. The number of likely N-dealkylation sites (tertiary alicyclic amines) is 1. The van der Waals surface area contributed by atoms with Crippen LogP contribution in [0, 0.1) is 11.5 Å². The van der Waals surface area contributed by atoms with Gasteiger partial charge in [0.25, 0.3) is 0 Å². The number of fused-ring (bicyclic) bond motifs is 1. The van der Waals surface area contributed by atoms with E-state index in [1.807, 2.05) is 33.8 Å². The van der Waals surface area contributed by atoms with Gasteiger partial charge in [-0.3, -0.25) is 0 Å². The molecule has 2 aromatic rings. The number of nitrogens with two attached hydrogens (primary N) is 1. The van der Waals surface area contributed by atoms with Crippen LogP contribution >= 0.6 is 11.3 Å². The Morgan fingerprint density at radius 1 is 1.41 bits per heavy atom. The van der Waals surface area contributed by atoms with E-state index in [-0.39, 0.29) is 17.6 Å². The number of piperidine rings is 1. The van der Waals surface area contributed by atoms with Crippen LogP contribution in [0.3, 0.4) is 0 Å². The van der Waals surface area contributed by atoms with Crippen LogP contribution in [0.4, 0.5) is 4.79 Å². The van der Waals surface area contributed by atoms with Gasteiger partial charge in [0.15, 0.2) is 6.19 Å². The Morgan fingerprint density at radius 2 is 2.10 bits per heavy atom. The monoisotopic (exact) mass is 552 g/mol. The van der Waals surface area contributed by atoms with Gasteiger partial charge in [-0.15, -0.1) is 11.3 Å². The molecule has 4 heterocycles. The summed E-state index contributed by atoms with van der Waals surface area (Å²) in [6.07, 6.45) is 7.02. The second kappa shape index (κ2) is 11.0. The van der Waals surface area contributed by atoms with Crippen LogP contribution in [0.2, 0.25) is 0 Å². The molecule has 0 atom stereocenters. The molecule has 1 saturated heterocycles. The number of H-pyrrole nitrogens is 1. The molecule has 0 radical (unpaired) electrons. The molecule has 4 rings (SSSR count). The van der Waals surface area contributed by atoms with Crippen molar-refractivity contribution in [2.24, 2.45) is 10.7 Å². The Bertz CT molecular complexity index is 1360. The Balaban J connectivity index is 1.55. The Hall–Kier alpha value is -3.45. The molecule has 0 unspecified atom stereocenters. The van der Waals surface area contributed by atoms with Crippen molar-refractivity contribution in [3.63, 3.8) is 0 Å². The maximum atomic E-state index is 12.5. The van der Waals surface area contributed by atoms with Gasteiger partial charge < -0.3 is 30.0 Å². The smallest absolute Gasteiger partial charge is 0.410 e. The molecule has 0 saturated carbocycles. The third kappa shape index (κ3) is 6.25. The van der Waals surface area contributed by atoms with E-state index in [9.17, 15) is 4.79 Å². The van der Waals surface area contributed by atoms with Crippen LogP contribution in [-0.2, 0) is 9.47 Å². The van der Waals surface area contributed by atoms with Crippen LogP contribution in [0.15, 0.2) is 28.9 Å². The van der Waals surface area contributed by atoms with Gasteiger partial charge in [-0.25, -0.2) is 9.79 Å². The lowest BCUT2D eigenvalue weighted by Crippen LogP contribution is -2.48. The molecule has 2 aliphatic rings. The maximum absolute atomic E-state index is 12.5. The van der Waals surface area contributed by atoms with E-state index >= 15 is 0 Å². The molecule has 2 aromatic heterocycles. The summed E-state index contributed by atoms with van der Waals surface area (Å²) in [6.45, 7) is 14.3. The lowest BCUT2D eigenvalue weighted by molar-refractivity contribution is 0.0157. The summed E-state index contributed by atoms with van der Waals surface area (Å²) >= 11 is 1.68. The highest BCUT2D eigenvalue weighted by Crippen LogP contribution is 2.40. The Kier molecular flexibility index (Phi) is 8.03. The van der Waals surface area contributed by atoms with Gasteiger partial charge >= 0.3 is 6.09 Å². The predicted molar refractivity (Wildman–Crippen MR) is 157 cm³/mol. The molecule has 2 aliphatic heterocycles. The highest BCUT2D eigenvalue weighted by Gasteiger charge is 2.42. The number of aromatic amines is 1. The standard InChI is InChI=1S/C29H40N6O3S/c1-18(2)23-24(20(14-30)12-19(3)15-34(7)17-31)32-21-13-22(39-25(21)23)26-33-29(16-37-26)8-10-35(11-9-29)27(36)38-28(4,5)6/h12-14,18,32H,8-11,15-16,30H2,1-7H3/b19-12-,20-14+. The number of allylic oxidation sites excluding steroid dienone is 2. The van der Waals surface area contributed by atoms with Crippen LogP contribution in [-0.4, -0.2) is 71.2 Å². The quantitative estimate of drug-likeness (QED) is 0.275. The zero-order valence-electron chi connectivity index (χ0n) is 24.1.